The molecule has 0 bridgehead atoms. The smallest absolute Gasteiger partial charge is 0.266 e. The Balaban J connectivity index is 2.06. The van der Waals surface area contributed by atoms with E-state index in [9.17, 15) is 9.59 Å². The summed E-state index contributed by atoms with van der Waals surface area (Å²) in [6.07, 6.45) is 1.64. The van der Waals surface area contributed by atoms with Crippen molar-refractivity contribution >= 4 is 28.6 Å². The van der Waals surface area contributed by atoms with E-state index in [0.29, 0.717) is 16.1 Å². The van der Waals surface area contributed by atoms with Crippen LogP contribution in [-0.2, 0) is 11.2 Å². The lowest BCUT2D eigenvalue weighted by Crippen LogP contribution is -2.43. The molecule has 1 N–H and O–H groups in total. The van der Waals surface area contributed by atoms with Crippen LogP contribution in [0.5, 0.6) is 0 Å². The predicted octanol–water partition coefficient (Wildman–Crippen LogP) is 4.35. The largest absolute Gasteiger partial charge is 0.351 e. The van der Waals surface area contributed by atoms with Crippen LogP contribution in [0.4, 0.5) is 0 Å². The van der Waals surface area contributed by atoms with Crippen LogP contribution in [0, 0.1) is 0 Å². The predicted molar refractivity (Wildman–Crippen MR) is 120 cm³/mol. The van der Waals surface area contributed by atoms with Gasteiger partial charge in [-0.05, 0) is 50.5 Å². The van der Waals surface area contributed by atoms with E-state index in [-0.39, 0.29) is 22.8 Å². The second kappa shape index (κ2) is 8.82. The summed E-state index contributed by atoms with van der Waals surface area (Å²) in [7, 11) is 0. The number of amides is 1. The van der Waals surface area contributed by atoms with E-state index >= 15 is 0 Å². The molecule has 0 radical (unpaired) electrons. The fourth-order valence-electron chi connectivity index (χ4n) is 3.08. The lowest BCUT2D eigenvalue weighted by atomic mass is 10.0. The molecular weight excluding hydrogens is 382 g/mol. The number of rotatable bonds is 7. The van der Waals surface area contributed by atoms with Gasteiger partial charge in [0.15, 0.2) is 5.16 Å². The first-order chi connectivity index (χ1) is 13.9. The molecule has 0 aliphatic rings. The highest BCUT2D eigenvalue weighted by Gasteiger charge is 2.20. The fraction of sp³-hybridized carbons (Fsp3) is 0.348. The number of aromatic nitrogens is 2. The van der Waals surface area contributed by atoms with Gasteiger partial charge < -0.3 is 5.32 Å². The highest BCUT2D eigenvalue weighted by atomic mass is 32.2. The summed E-state index contributed by atoms with van der Waals surface area (Å²) in [4.78, 5) is 30.5. The highest BCUT2D eigenvalue weighted by Crippen LogP contribution is 2.24. The summed E-state index contributed by atoms with van der Waals surface area (Å²) >= 11 is 1.29. The molecule has 1 amide bonds. The number of thioether (sulfide) groups is 1. The van der Waals surface area contributed by atoms with E-state index in [1.165, 1.54) is 11.8 Å². The maximum atomic E-state index is 13.3. The first-order valence-electron chi connectivity index (χ1n) is 9.90. The molecule has 29 heavy (non-hydrogen) atoms. The first-order valence-corrected chi connectivity index (χ1v) is 10.9. The number of para-hydroxylation sites is 2. The van der Waals surface area contributed by atoms with Gasteiger partial charge in [0.2, 0.25) is 5.91 Å². The molecule has 0 fully saturated rings. The summed E-state index contributed by atoms with van der Waals surface area (Å²) in [5.74, 6) is 0.127. The molecule has 2 aromatic carbocycles. The van der Waals surface area contributed by atoms with E-state index in [2.05, 4.69) is 12.2 Å². The van der Waals surface area contributed by atoms with E-state index < -0.39 is 0 Å². The molecule has 0 unspecified atom stereocenters. The van der Waals surface area contributed by atoms with Gasteiger partial charge in [-0.15, -0.1) is 0 Å². The Bertz CT molecular complexity index is 1090. The van der Waals surface area contributed by atoms with Crippen molar-refractivity contribution in [2.45, 2.75) is 51.2 Å². The number of carbonyl (C=O) groups excluding carboxylic acids is 1. The van der Waals surface area contributed by atoms with Gasteiger partial charge in [-0.3, -0.25) is 14.2 Å². The molecular formula is C23H27N3O2S. The molecule has 3 aromatic rings. The monoisotopic (exact) mass is 409 g/mol. The topological polar surface area (TPSA) is 64.0 Å². The Hall–Kier alpha value is -2.60. The first kappa shape index (κ1) is 21.1. The van der Waals surface area contributed by atoms with Gasteiger partial charge in [0.05, 0.1) is 22.3 Å². The van der Waals surface area contributed by atoms with Crippen LogP contribution in [0.2, 0.25) is 0 Å². The Morgan fingerprint density at radius 3 is 2.52 bits per heavy atom. The molecule has 0 saturated heterocycles. The van der Waals surface area contributed by atoms with E-state index in [1.54, 1.807) is 10.6 Å². The zero-order valence-electron chi connectivity index (χ0n) is 17.4. The normalized spacial score (nSPS) is 11.6. The summed E-state index contributed by atoms with van der Waals surface area (Å²) in [6.45, 7) is 8.09. The van der Waals surface area contributed by atoms with Crippen molar-refractivity contribution in [2.24, 2.45) is 0 Å². The average molecular weight is 410 g/mol. The quantitative estimate of drug-likeness (QED) is 0.466. The van der Waals surface area contributed by atoms with Gasteiger partial charge in [-0.25, -0.2) is 4.98 Å². The molecule has 5 nitrogen and oxygen atoms in total. The number of benzene rings is 2. The number of aryl methyl sites for hydroxylation is 1. The number of carbonyl (C=O) groups is 1. The minimum Gasteiger partial charge on any atom is -0.351 e. The third-order valence-corrected chi connectivity index (χ3v) is 5.99. The van der Waals surface area contributed by atoms with Gasteiger partial charge in [0.25, 0.3) is 5.56 Å². The average Bonchev–Trinajstić information content (AvgIpc) is 2.72. The fourth-order valence-corrected chi connectivity index (χ4v) is 3.89. The van der Waals surface area contributed by atoms with Crippen LogP contribution >= 0.6 is 11.8 Å². The maximum absolute atomic E-state index is 13.3. The Kier molecular flexibility index (Phi) is 6.42. The second-order valence-electron chi connectivity index (χ2n) is 7.61. The molecule has 3 rings (SSSR count). The highest BCUT2D eigenvalue weighted by molar-refractivity contribution is 7.99. The second-order valence-corrected chi connectivity index (χ2v) is 8.55. The van der Waals surface area contributed by atoms with Crippen molar-refractivity contribution < 1.29 is 4.79 Å². The molecule has 152 valence electrons. The Morgan fingerprint density at radius 2 is 1.79 bits per heavy atom. The summed E-state index contributed by atoms with van der Waals surface area (Å²) < 4.78 is 1.64. The van der Waals surface area contributed by atoms with E-state index in [0.717, 1.165) is 24.1 Å². The molecule has 0 aliphatic heterocycles. The van der Waals surface area contributed by atoms with E-state index in [1.807, 2.05) is 63.2 Å². The van der Waals surface area contributed by atoms with Crippen LogP contribution in [0.1, 0.15) is 39.7 Å². The minimum atomic E-state index is -0.261. The van der Waals surface area contributed by atoms with Gasteiger partial charge >= 0.3 is 0 Å². The number of nitrogens with one attached hydrogen (secondary N) is 1. The molecule has 6 heteroatoms. The third kappa shape index (κ3) is 4.70. The van der Waals surface area contributed by atoms with Crippen LogP contribution in [-0.4, -0.2) is 26.8 Å². The molecule has 0 atom stereocenters. The number of nitrogens with zero attached hydrogens (tertiary/aromatic N) is 2. The van der Waals surface area contributed by atoms with Crippen molar-refractivity contribution in [1.29, 1.82) is 0 Å². The minimum absolute atomic E-state index is 0.0698. The van der Waals surface area contributed by atoms with Crippen molar-refractivity contribution in [3.05, 3.63) is 64.4 Å². The number of hydrogen-bond donors (Lipinski definition) is 1. The van der Waals surface area contributed by atoms with Crippen LogP contribution in [0.3, 0.4) is 0 Å². The molecule has 1 aromatic heterocycles. The van der Waals surface area contributed by atoms with Crippen LogP contribution < -0.4 is 10.9 Å². The Morgan fingerprint density at radius 1 is 1.10 bits per heavy atom. The molecule has 0 saturated carbocycles. The molecule has 0 spiro atoms. The van der Waals surface area contributed by atoms with E-state index in [4.69, 9.17) is 4.98 Å². The third-order valence-electron chi connectivity index (χ3n) is 5.05. The van der Waals surface area contributed by atoms with Gasteiger partial charge in [-0.2, -0.15) is 0 Å². The lowest BCUT2D eigenvalue weighted by molar-refractivity contribution is -0.120. The number of hydrogen-bond acceptors (Lipinski definition) is 4. The van der Waals surface area contributed by atoms with Crippen LogP contribution in [0.15, 0.2) is 58.5 Å². The zero-order valence-corrected chi connectivity index (χ0v) is 18.2. The molecule has 1 heterocycles. The number of fused-ring (bicyclic) bond motifs is 1. The van der Waals surface area contributed by atoms with Crippen molar-refractivity contribution in [3.8, 4) is 5.69 Å². The lowest BCUT2D eigenvalue weighted by Gasteiger charge is -2.24. The zero-order chi connectivity index (χ0) is 21.0. The summed E-state index contributed by atoms with van der Waals surface area (Å²) in [5, 5.41) is 4.13. The van der Waals surface area contributed by atoms with Crippen molar-refractivity contribution in [3.63, 3.8) is 0 Å². The summed E-state index contributed by atoms with van der Waals surface area (Å²) in [6, 6.07) is 15.2. The summed E-state index contributed by atoms with van der Waals surface area (Å²) in [5.41, 5.74) is 2.14. The van der Waals surface area contributed by atoms with Crippen molar-refractivity contribution in [1.82, 2.24) is 14.9 Å². The Labute approximate surface area is 175 Å². The SMILES string of the molecule is CCc1ccccc1-n1c(SCC(=O)NC(C)(C)CC)nc2ccccc2c1=O. The van der Waals surface area contributed by atoms with Gasteiger partial charge in [0, 0.05) is 5.54 Å². The van der Waals surface area contributed by atoms with Crippen LogP contribution in [0.25, 0.3) is 16.6 Å². The van der Waals surface area contributed by atoms with Gasteiger partial charge in [0.1, 0.15) is 0 Å². The standard InChI is InChI=1S/C23H27N3O2S/c1-5-16-11-7-10-14-19(16)26-21(28)17-12-8-9-13-18(17)24-22(26)29-15-20(27)25-23(3,4)6-2/h7-14H,5-6,15H2,1-4H3,(H,25,27). The molecule has 0 aliphatic carbocycles. The van der Waals surface area contributed by atoms with Crippen molar-refractivity contribution in [2.75, 3.05) is 5.75 Å². The van der Waals surface area contributed by atoms with Gasteiger partial charge in [-0.1, -0.05) is 55.9 Å². The maximum Gasteiger partial charge on any atom is 0.266 e.